The molecule has 0 aliphatic heterocycles. The van der Waals surface area contributed by atoms with Gasteiger partial charge < -0.3 is 10.4 Å². The molecule has 0 amide bonds. The summed E-state index contributed by atoms with van der Waals surface area (Å²) in [5.74, 6) is 2.60. The minimum absolute atomic E-state index is 0.254. The Morgan fingerprint density at radius 1 is 1.42 bits per heavy atom. The van der Waals surface area contributed by atoms with Crippen molar-refractivity contribution in [3.05, 3.63) is 16.5 Å². The molecule has 0 spiro atoms. The molecular formula is C14H22ClN3O. The number of anilines is 1. The van der Waals surface area contributed by atoms with Gasteiger partial charge in [0.1, 0.15) is 16.8 Å². The van der Waals surface area contributed by atoms with E-state index in [1.165, 1.54) is 12.8 Å². The topological polar surface area (TPSA) is 58.0 Å². The van der Waals surface area contributed by atoms with E-state index in [1.54, 1.807) is 0 Å². The smallest absolute Gasteiger partial charge is 0.137 e. The van der Waals surface area contributed by atoms with Gasteiger partial charge in [-0.25, -0.2) is 9.97 Å². The SMILES string of the molecule is Cc1c(Cl)nc(C2CC2)nc1NCCCC(C)CO. The third-order valence-electron chi connectivity index (χ3n) is 3.52. The highest BCUT2D eigenvalue weighted by Crippen LogP contribution is 2.39. The number of halogens is 1. The Kier molecular flexibility index (Phi) is 4.99. The second-order valence-corrected chi connectivity index (χ2v) is 5.84. The molecule has 1 heterocycles. The second kappa shape index (κ2) is 6.53. The van der Waals surface area contributed by atoms with Gasteiger partial charge in [-0.2, -0.15) is 0 Å². The van der Waals surface area contributed by atoms with Crippen LogP contribution in [0.1, 0.15) is 49.9 Å². The van der Waals surface area contributed by atoms with Crippen LogP contribution in [0, 0.1) is 12.8 Å². The van der Waals surface area contributed by atoms with Gasteiger partial charge in [0, 0.05) is 24.6 Å². The molecule has 0 aromatic carbocycles. The van der Waals surface area contributed by atoms with Crippen LogP contribution in [0.2, 0.25) is 5.15 Å². The first-order valence-corrected chi connectivity index (χ1v) is 7.38. The summed E-state index contributed by atoms with van der Waals surface area (Å²) in [5, 5.41) is 12.9. The summed E-state index contributed by atoms with van der Waals surface area (Å²) in [7, 11) is 0. The highest BCUT2D eigenvalue weighted by atomic mass is 35.5. The molecule has 0 saturated heterocycles. The standard InChI is InChI=1S/C14H22ClN3O/c1-9(8-19)4-3-7-16-13-10(2)12(15)17-14(18-13)11-5-6-11/h9,11,19H,3-8H2,1-2H3,(H,16,17,18). The van der Waals surface area contributed by atoms with Crippen molar-refractivity contribution in [2.45, 2.75) is 45.4 Å². The lowest BCUT2D eigenvalue weighted by Crippen LogP contribution is -2.10. The molecule has 1 aromatic rings. The molecule has 1 atom stereocenters. The number of aromatic nitrogens is 2. The maximum absolute atomic E-state index is 8.98. The summed E-state index contributed by atoms with van der Waals surface area (Å²) in [6.45, 7) is 5.10. The van der Waals surface area contributed by atoms with E-state index in [4.69, 9.17) is 16.7 Å². The molecule has 4 nitrogen and oxygen atoms in total. The first-order chi connectivity index (χ1) is 9.11. The van der Waals surface area contributed by atoms with Crippen molar-refractivity contribution in [3.63, 3.8) is 0 Å². The van der Waals surface area contributed by atoms with Gasteiger partial charge in [0.2, 0.25) is 0 Å². The normalized spacial score (nSPS) is 16.4. The predicted octanol–water partition coefficient (Wildman–Crippen LogP) is 3.14. The summed E-state index contributed by atoms with van der Waals surface area (Å²) < 4.78 is 0. The van der Waals surface area contributed by atoms with Crippen LogP contribution in [0.3, 0.4) is 0 Å². The van der Waals surface area contributed by atoms with Crippen molar-refractivity contribution < 1.29 is 5.11 Å². The Morgan fingerprint density at radius 2 is 2.16 bits per heavy atom. The fourth-order valence-electron chi connectivity index (χ4n) is 1.95. The third kappa shape index (κ3) is 4.05. The molecule has 5 heteroatoms. The molecule has 1 aromatic heterocycles. The molecular weight excluding hydrogens is 262 g/mol. The van der Waals surface area contributed by atoms with E-state index in [1.807, 2.05) is 6.92 Å². The van der Waals surface area contributed by atoms with E-state index >= 15 is 0 Å². The number of nitrogens with one attached hydrogen (secondary N) is 1. The zero-order valence-electron chi connectivity index (χ0n) is 11.6. The lowest BCUT2D eigenvalue weighted by Gasteiger charge is -2.12. The zero-order valence-corrected chi connectivity index (χ0v) is 12.4. The second-order valence-electron chi connectivity index (χ2n) is 5.48. The van der Waals surface area contributed by atoms with Crippen LogP contribution < -0.4 is 5.32 Å². The maximum atomic E-state index is 8.98. The van der Waals surface area contributed by atoms with Gasteiger partial charge in [-0.05, 0) is 38.5 Å². The molecule has 1 aliphatic carbocycles. The number of nitrogens with zero attached hydrogens (tertiary/aromatic N) is 2. The Labute approximate surface area is 119 Å². The summed E-state index contributed by atoms with van der Waals surface area (Å²) in [5.41, 5.74) is 0.918. The van der Waals surface area contributed by atoms with E-state index in [9.17, 15) is 0 Å². The first kappa shape index (κ1) is 14.5. The van der Waals surface area contributed by atoms with Crippen LogP contribution in [0.25, 0.3) is 0 Å². The van der Waals surface area contributed by atoms with Crippen LogP contribution in [0.4, 0.5) is 5.82 Å². The molecule has 19 heavy (non-hydrogen) atoms. The Morgan fingerprint density at radius 3 is 2.79 bits per heavy atom. The summed E-state index contributed by atoms with van der Waals surface area (Å²) in [4.78, 5) is 8.92. The first-order valence-electron chi connectivity index (χ1n) is 7.00. The van der Waals surface area contributed by atoms with E-state index in [2.05, 4.69) is 22.2 Å². The summed E-state index contributed by atoms with van der Waals surface area (Å²) in [6, 6.07) is 0. The van der Waals surface area contributed by atoms with Gasteiger partial charge in [0.25, 0.3) is 0 Å². The summed E-state index contributed by atoms with van der Waals surface area (Å²) >= 11 is 6.15. The van der Waals surface area contributed by atoms with Gasteiger partial charge in [-0.3, -0.25) is 0 Å². The van der Waals surface area contributed by atoms with Crippen molar-refractivity contribution >= 4 is 17.4 Å². The highest BCUT2D eigenvalue weighted by Gasteiger charge is 2.27. The molecule has 1 unspecified atom stereocenters. The molecule has 0 radical (unpaired) electrons. The number of hydrogen-bond acceptors (Lipinski definition) is 4. The average molecular weight is 284 g/mol. The lowest BCUT2D eigenvalue weighted by atomic mass is 10.1. The van der Waals surface area contributed by atoms with Crippen molar-refractivity contribution in [2.75, 3.05) is 18.5 Å². The highest BCUT2D eigenvalue weighted by molar-refractivity contribution is 6.30. The number of aliphatic hydroxyl groups is 1. The van der Waals surface area contributed by atoms with Gasteiger partial charge in [-0.15, -0.1) is 0 Å². The van der Waals surface area contributed by atoms with Crippen LogP contribution >= 0.6 is 11.6 Å². The molecule has 2 rings (SSSR count). The van der Waals surface area contributed by atoms with E-state index in [0.717, 1.165) is 36.6 Å². The Balaban J connectivity index is 1.91. The quantitative estimate of drug-likeness (QED) is 0.596. The van der Waals surface area contributed by atoms with Crippen molar-refractivity contribution in [1.82, 2.24) is 9.97 Å². The number of hydrogen-bond donors (Lipinski definition) is 2. The minimum Gasteiger partial charge on any atom is -0.396 e. The van der Waals surface area contributed by atoms with Crippen molar-refractivity contribution in [2.24, 2.45) is 5.92 Å². The zero-order chi connectivity index (χ0) is 13.8. The van der Waals surface area contributed by atoms with Gasteiger partial charge in [0.15, 0.2) is 0 Å². The third-order valence-corrected chi connectivity index (χ3v) is 3.89. The van der Waals surface area contributed by atoms with Crippen LogP contribution in [-0.2, 0) is 0 Å². The van der Waals surface area contributed by atoms with E-state index in [-0.39, 0.29) is 6.61 Å². The predicted molar refractivity (Wildman–Crippen MR) is 77.7 cm³/mol. The van der Waals surface area contributed by atoms with Crippen molar-refractivity contribution in [1.29, 1.82) is 0 Å². The van der Waals surface area contributed by atoms with Gasteiger partial charge >= 0.3 is 0 Å². The molecule has 0 bridgehead atoms. The molecule has 1 aliphatic rings. The van der Waals surface area contributed by atoms with Crippen molar-refractivity contribution in [3.8, 4) is 0 Å². The van der Waals surface area contributed by atoms with Crippen LogP contribution in [-0.4, -0.2) is 28.2 Å². The number of aliphatic hydroxyl groups excluding tert-OH is 1. The maximum Gasteiger partial charge on any atom is 0.137 e. The van der Waals surface area contributed by atoms with E-state index < -0.39 is 0 Å². The fraction of sp³-hybridized carbons (Fsp3) is 0.714. The fourth-order valence-corrected chi connectivity index (χ4v) is 2.13. The van der Waals surface area contributed by atoms with Crippen LogP contribution in [0.15, 0.2) is 0 Å². The van der Waals surface area contributed by atoms with E-state index in [0.29, 0.717) is 17.0 Å². The largest absolute Gasteiger partial charge is 0.396 e. The average Bonchev–Trinajstić information content (AvgIpc) is 3.23. The number of rotatable bonds is 7. The van der Waals surface area contributed by atoms with Gasteiger partial charge in [-0.1, -0.05) is 18.5 Å². The lowest BCUT2D eigenvalue weighted by molar-refractivity contribution is 0.229. The van der Waals surface area contributed by atoms with Gasteiger partial charge in [0.05, 0.1) is 0 Å². The molecule has 1 saturated carbocycles. The Hall–Kier alpha value is -0.870. The molecule has 2 N–H and O–H groups in total. The minimum atomic E-state index is 0.254. The summed E-state index contributed by atoms with van der Waals surface area (Å²) in [6.07, 6.45) is 4.37. The monoisotopic (exact) mass is 283 g/mol. The molecule has 106 valence electrons. The Bertz CT molecular complexity index is 435. The molecule has 1 fully saturated rings. The van der Waals surface area contributed by atoms with Crippen LogP contribution in [0.5, 0.6) is 0 Å².